The maximum atomic E-state index is 13.3. The van der Waals surface area contributed by atoms with Gasteiger partial charge in [0.1, 0.15) is 12.2 Å². The number of carbonyl (C=O) groups excluding carboxylic acids is 1. The summed E-state index contributed by atoms with van der Waals surface area (Å²) < 4.78 is 19.1. The molecule has 7 heteroatoms. The highest BCUT2D eigenvalue weighted by atomic mass is 16.6. The lowest BCUT2D eigenvalue weighted by Gasteiger charge is -2.71. The van der Waals surface area contributed by atoms with Crippen LogP contribution in [0.3, 0.4) is 0 Å². The van der Waals surface area contributed by atoms with Crippen LogP contribution in [-0.2, 0) is 23.8 Å². The van der Waals surface area contributed by atoms with E-state index < -0.39 is 11.9 Å². The predicted molar refractivity (Wildman–Crippen MR) is 163 cm³/mol. The first kappa shape index (κ1) is 32.0. The molecule has 0 aromatic heterocycles. The van der Waals surface area contributed by atoms with Crippen molar-refractivity contribution in [3.05, 3.63) is 11.6 Å². The highest BCUT2D eigenvalue weighted by molar-refractivity contribution is 5.73. The van der Waals surface area contributed by atoms with Crippen molar-refractivity contribution in [2.75, 3.05) is 19.8 Å². The zero-order valence-electron chi connectivity index (χ0n) is 27.6. The quantitative estimate of drug-likeness (QED) is 0.268. The fourth-order valence-corrected chi connectivity index (χ4v) is 11.4. The molecule has 0 aromatic rings. The number of aliphatic carboxylic acids is 1. The maximum absolute atomic E-state index is 13.3. The summed E-state index contributed by atoms with van der Waals surface area (Å²) in [5.74, 6) is -0.00283. The molecule has 1 heterocycles. The van der Waals surface area contributed by atoms with Crippen LogP contribution in [0.4, 0.5) is 0 Å². The molecular formula is C35H57NO6. The largest absolute Gasteiger partial charge is 0.481 e. The second-order valence-electron chi connectivity index (χ2n) is 16.4. The van der Waals surface area contributed by atoms with Crippen LogP contribution in [0.5, 0.6) is 0 Å². The first-order valence-corrected chi connectivity index (χ1v) is 16.5. The molecule has 0 aromatic carbocycles. The average molecular weight is 588 g/mol. The zero-order chi connectivity index (χ0) is 31.0. The maximum Gasteiger partial charge on any atom is 0.307 e. The van der Waals surface area contributed by atoms with Gasteiger partial charge in [-0.15, -0.1) is 0 Å². The Morgan fingerprint density at radius 1 is 1.07 bits per heavy atom. The summed E-state index contributed by atoms with van der Waals surface area (Å²) in [5.41, 5.74) is 6.20. The van der Waals surface area contributed by atoms with E-state index in [1.807, 2.05) is 6.92 Å². The average Bonchev–Trinajstić information content (AvgIpc) is 2.87. The van der Waals surface area contributed by atoms with E-state index in [-0.39, 0.29) is 57.2 Å². The monoisotopic (exact) mass is 587 g/mol. The predicted octanol–water partition coefficient (Wildman–Crippen LogP) is 6.24. The van der Waals surface area contributed by atoms with Gasteiger partial charge in [0.05, 0.1) is 25.7 Å². The highest BCUT2D eigenvalue weighted by Crippen LogP contribution is 2.75. The Hall–Kier alpha value is -1.44. The number of rotatable bonds is 7. The van der Waals surface area contributed by atoms with Crippen LogP contribution < -0.4 is 5.73 Å². The Kier molecular flexibility index (Phi) is 8.05. The van der Waals surface area contributed by atoms with Gasteiger partial charge in [-0.25, -0.2) is 0 Å². The summed E-state index contributed by atoms with van der Waals surface area (Å²) >= 11 is 0. The molecule has 2 unspecified atom stereocenters. The molecule has 5 rings (SSSR count). The summed E-state index contributed by atoms with van der Waals surface area (Å²) in [6.45, 7) is 21.0. The van der Waals surface area contributed by atoms with Crippen molar-refractivity contribution in [1.29, 1.82) is 0 Å². The highest BCUT2D eigenvalue weighted by Gasteiger charge is 2.72. The number of carboxylic acids is 1. The van der Waals surface area contributed by atoms with E-state index in [4.69, 9.17) is 19.9 Å². The van der Waals surface area contributed by atoms with Gasteiger partial charge in [0, 0.05) is 23.8 Å². The first-order valence-electron chi connectivity index (χ1n) is 16.5. The molecule has 42 heavy (non-hydrogen) atoms. The van der Waals surface area contributed by atoms with Crippen molar-refractivity contribution in [3.8, 4) is 0 Å². The van der Waals surface area contributed by atoms with Crippen molar-refractivity contribution >= 4 is 11.9 Å². The van der Waals surface area contributed by atoms with Gasteiger partial charge < -0.3 is 25.1 Å². The lowest BCUT2D eigenvalue weighted by Crippen LogP contribution is -2.70. The van der Waals surface area contributed by atoms with Crippen LogP contribution in [-0.4, -0.2) is 55.1 Å². The molecular weight excluding hydrogens is 530 g/mol. The number of fused-ring (bicyclic) bond motifs is 3. The van der Waals surface area contributed by atoms with Crippen molar-refractivity contribution in [2.45, 2.75) is 119 Å². The number of hydrogen-bond acceptors (Lipinski definition) is 6. The van der Waals surface area contributed by atoms with Crippen LogP contribution in [0.15, 0.2) is 11.6 Å². The Morgan fingerprint density at radius 2 is 1.76 bits per heavy atom. The van der Waals surface area contributed by atoms with E-state index in [1.165, 1.54) is 12.5 Å². The summed E-state index contributed by atoms with van der Waals surface area (Å²) in [5, 5.41) is 10.9. The second kappa shape index (κ2) is 10.6. The molecule has 0 radical (unpaired) electrons. The third kappa shape index (κ3) is 4.37. The molecule has 238 valence electrons. The van der Waals surface area contributed by atoms with E-state index in [0.717, 1.165) is 32.1 Å². The van der Waals surface area contributed by atoms with Gasteiger partial charge in [-0.3, -0.25) is 9.59 Å². The molecule has 1 saturated heterocycles. The standard InChI is InChI=1S/C35H57NO6/c1-20(2)22(4)31(6)14-15-33(8)24-10-11-27-32(7)18-40-19-35(27,25(24)12-13-34(33,9)28(31)30(38)39)16-26(42-23(5)37)29(32)41-17-21(3)36/h12,20-22,24,26-29H,10-11,13-19,36H2,1-9H3,(H,38,39)/t21?,22-,24+,26-,27?,28-,29+,31-,32-,33-,34+,35+/m1/s1. The minimum Gasteiger partial charge on any atom is -0.481 e. The Bertz CT molecular complexity index is 1120. The second-order valence-corrected chi connectivity index (χ2v) is 16.4. The fraction of sp³-hybridized carbons (Fsp3) is 0.886. The summed E-state index contributed by atoms with van der Waals surface area (Å²) in [7, 11) is 0. The van der Waals surface area contributed by atoms with Crippen LogP contribution in [0.1, 0.15) is 101 Å². The van der Waals surface area contributed by atoms with Crippen LogP contribution in [0, 0.1) is 56.7 Å². The van der Waals surface area contributed by atoms with Gasteiger partial charge in [0.2, 0.25) is 0 Å². The van der Waals surface area contributed by atoms with Crippen LogP contribution >= 0.6 is 0 Å². The molecule has 2 bridgehead atoms. The molecule has 0 amide bonds. The van der Waals surface area contributed by atoms with E-state index in [0.29, 0.717) is 44.0 Å². The zero-order valence-corrected chi connectivity index (χ0v) is 27.6. The van der Waals surface area contributed by atoms with Gasteiger partial charge in [-0.2, -0.15) is 0 Å². The van der Waals surface area contributed by atoms with Crippen LogP contribution in [0.25, 0.3) is 0 Å². The number of carboxylic acid groups (broad SMARTS) is 1. The van der Waals surface area contributed by atoms with Crippen molar-refractivity contribution in [2.24, 2.45) is 62.4 Å². The smallest absolute Gasteiger partial charge is 0.307 e. The van der Waals surface area contributed by atoms with E-state index in [2.05, 4.69) is 54.5 Å². The molecule has 12 atom stereocenters. The number of ether oxygens (including phenoxy) is 3. The topological polar surface area (TPSA) is 108 Å². The molecule has 1 aliphatic heterocycles. The lowest BCUT2D eigenvalue weighted by atomic mass is 9.34. The van der Waals surface area contributed by atoms with E-state index in [1.54, 1.807) is 0 Å². The van der Waals surface area contributed by atoms with Crippen molar-refractivity contribution < 1.29 is 28.9 Å². The number of esters is 1. The Balaban J connectivity index is 1.60. The SMILES string of the molecule is CC(=O)O[C@@H]1C[C@@]23COC[C@](C)(C2CC[C@H]2C3=CC[C@@]3(C)[C@H](C(=O)O)[C@@](C)([C@H](C)C(C)C)CC[C@]23C)[C@H]1OCC(C)N. The van der Waals surface area contributed by atoms with E-state index >= 15 is 0 Å². The lowest BCUT2D eigenvalue weighted by molar-refractivity contribution is -0.267. The van der Waals surface area contributed by atoms with Crippen molar-refractivity contribution in [1.82, 2.24) is 0 Å². The third-order valence-corrected chi connectivity index (χ3v) is 13.9. The molecule has 7 nitrogen and oxygen atoms in total. The van der Waals surface area contributed by atoms with Gasteiger partial charge >= 0.3 is 11.9 Å². The molecule has 5 aliphatic rings. The summed E-state index contributed by atoms with van der Waals surface area (Å²) in [4.78, 5) is 25.7. The summed E-state index contributed by atoms with van der Waals surface area (Å²) in [6, 6.07) is -0.116. The number of carbonyl (C=O) groups is 2. The van der Waals surface area contributed by atoms with Gasteiger partial charge in [0.15, 0.2) is 0 Å². The summed E-state index contributed by atoms with van der Waals surface area (Å²) in [6.07, 6.45) is 7.23. The number of nitrogens with two attached hydrogens (primary N) is 1. The molecule has 3 saturated carbocycles. The molecule has 4 aliphatic carbocycles. The molecule has 0 spiro atoms. The van der Waals surface area contributed by atoms with Crippen molar-refractivity contribution in [3.63, 3.8) is 0 Å². The third-order valence-electron chi connectivity index (χ3n) is 13.9. The van der Waals surface area contributed by atoms with Crippen LogP contribution in [0.2, 0.25) is 0 Å². The minimum absolute atomic E-state index is 0.116. The van der Waals surface area contributed by atoms with Gasteiger partial charge in [-0.1, -0.05) is 60.1 Å². The minimum atomic E-state index is -0.641. The van der Waals surface area contributed by atoms with E-state index in [9.17, 15) is 14.7 Å². The van der Waals surface area contributed by atoms with Gasteiger partial charge in [0.25, 0.3) is 0 Å². The number of allylic oxidation sites excluding steroid dienone is 1. The first-order chi connectivity index (χ1) is 19.5. The Morgan fingerprint density at radius 3 is 2.36 bits per heavy atom. The molecule has 3 N–H and O–H groups in total. The fourth-order valence-electron chi connectivity index (χ4n) is 11.4. The Labute approximate surface area is 253 Å². The normalized spacial score (nSPS) is 47.8. The van der Waals surface area contributed by atoms with Gasteiger partial charge in [-0.05, 0) is 85.4 Å². The molecule has 4 fully saturated rings. The number of hydrogen-bond donors (Lipinski definition) is 2.